The summed E-state index contributed by atoms with van der Waals surface area (Å²) in [5, 5.41) is 15.3. The Bertz CT molecular complexity index is 997. The summed E-state index contributed by atoms with van der Waals surface area (Å²) in [5.74, 6) is 0. The molecular formula is C24H33N3O5S. The highest BCUT2D eigenvalue weighted by Crippen LogP contribution is 2.25. The molecule has 1 saturated heterocycles. The summed E-state index contributed by atoms with van der Waals surface area (Å²) in [5.41, 5.74) is 1.94. The number of hydrogen-bond acceptors (Lipinski definition) is 5. The smallest absolute Gasteiger partial charge is 0.314 e. The van der Waals surface area contributed by atoms with E-state index in [0.29, 0.717) is 25.8 Å². The molecule has 0 bridgehead atoms. The highest BCUT2D eigenvalue weighted by molar-refractivity contribution is 7.89. The van der Waals surface area contributed by atoms with Crippen LogP contribution in [0.5, 0.6) is 0 Å². The number of amides is 2. The number of hydrogen-bond donors (Lipinski definition) is 4. The summed E-state index contributed by atoms with van der Waals surface area (Å²) in [7, 11) is -3.77. The summed E-state index contributed by atoms with van der Waals surface area (Å²) < 4.78 is 34.5. The van der Waals surface area contributed by atoms with Gasteiger partial charge in [0.15, 0.2) is 0 Å². The van der Waals surface area contributed by atoms with Crippen LogP contribution in [0.3, 0.4) is 0 Å². The quantitative estimate of drug-likeness (QED) is 0.445. The number of aliphatic hydroxyl groups excluding tert-OH is 1. The van der Waals surface area contributed by atoms with E-state index in [1.807, 2.05) is 44.2 Å². The van der Waals surface area contributed by atoms with Crippen LogP contribution in [0.4, 0.5) is 4.79 Å². The Labute approximate surface area is 195 Å². The minimum absolute atomic E-state index is 0.0537. The zero-order valence-corrected chi connectivity index (χ0v) is 19.8. The third-order valence-corrected chi connectivity index (χ3v) is 7.05. The lowest BCUT2D eigenvalue weighted by molar-refractivity contribution is -0.0871. The SMILES string of the molecule is CC(C)NC(=O)NCC[C@H]1CC[C@H](NS(=O)(=O)c2ccc(-c3ccccc3)cc2)[C@@H](CO)O1. The normalized spacial score (nSPS) is 21.0. The maximum atomic E-state index is 12.9. The van der Waals surface area contributed by atoms with Crippen molar-refractivity contribution in [1.29, 1.82) is 0 Å². The number of nitrogens with one attached hydrogen (secondary N) is 3. The topological polar surface area (TPSA) is 117 Å². The van der Waals surface area contributed by atoms with Crippen LogP contribution in [0.15, 0.2) is 59.5 Å². The highest BCUT2D eigenvalue weighted by Gasteiger charge is 2.33. The van der Waals surface area contributed by atoms with Crippen molar-refractivity contribution in [2.75, 3.05) is 13.2 Å². The van der Waals surface area contributed by atoms with Gasteiger partial charge in [0, 0.05) is 12.6 Å². The van der Waals surface area contributed by atoms with Crippen LogP contribution in [0.2, 0.25) is 0 Å². The minimum atomic E-state index is -3.77. The minimum Gasteiger partial charge on any atom is -0.394 e. The summed E-state index contributed by atoms with van der Waals surface area (Å²) in [6, 6.07) is 15.8. The van der Waals surface area contributed by atoms with Gasteiger partial charge >= 0.3 is 6.03 Å². The Morgan fingerprint density at radius 1 is 1.06 bits per heavy atom. The molecule has 180 valence electrons. The van der Waals surface area contributed by atoms with E-state index in [1.54, 1.807) is 24.3 Å². The molecule has 3 rings (SSSR count). The van der Waals surface area contributed by atoms with E-state index in [0.717, 1.165) is 11.1 Å². The Hall–Kier alpha value is -2.46. The lowest BCUT2D eigenvalue weighted by atomic mass is 9.98. The largest absolute Gasteiger partial charge is 0.394 e. The van der Waals surface area contributed by atoms with Gasteiger partial charge in [-0.05, 0) is 56.4 Å². The molecule has 0 radical (unpaired) electrons. The average Bonchev–Trinajstić information content (AvgIpc) is 2.80. The number of urea groups is 1. The van der Waals surface area contributed by atoms with Crippen LogP contribution in [0, 0.1) is 0 Å². The van der Waals surface area contributed by atoms with Crippen LogP contribution in [-0.2, 0) is 14.8 Å². The summed E-state index contributed by atoms with van der Waals surface area (Å²) in [6.07, 6.45) is 0.945. The maximum absolute atomic E-state index is 12.9. The fraction of sp³-hybridized carbons (Fsp3) is 0.458. The predicted molar refractivity (Wildman–Crippen MR) is 127 cm³/mol. The van der Waals surface area contributed by atoms with Gasteiger partial charge in [-0.2, -0.15) is 0 Å². The van der Waals surface area contributed by atoms with Crippen molar-refractivity contribution in [2.24, 2.45) is 0 Å². The molecule has 1 aliphatic rings. The molecular weight excluding hydrogens is 442 g/mol. The molecule has 0 spiro atoms. The van der Waals surface area contributed by atoms with Crippen LogP contribution < -0.4 is 15.4 Å². The first-order valence-electron chi connectivity index (χ1n) is 11.3. The van der Waals surface area contributed by atoms with Crippen molar-refractivity contribution in [1.82, 2.24) is 15.4 Å². The third kappa shape index (κ3) is 7.26. The Morgan fingerprint density at radius 2 is 1.73 bits per heavy atom. The van der Waals surface area contributed by atoms with Crippen molar-refractivity contribution in [3.05, 3.63) is 54.6 Å². The van der Waals surface area contributed by atoms with E-state index in [-0.39, 0.29) is 29.7 Å². The first-order chi connectivity index (χ1) is 15.8. The van der Waals surface area contributed by atoms with E-state index in [2.05, 4.69) is 15.4 Å². The molecule has 33 heavy (non-hydrogen) atoms. The fourth-order valence-electron chi connectivity index (χ4n) is 3.86. The van der Waals surface area contributed by atoms with Gasteiger partial charge in [0.25, 0.3) is 0 Å². The second kappa shape index (κ2) is 11.6. The van der Waals surface area contributed by atoms with Crippen LogP contribution >= 0.6 is 0 Å². The second-order valence-corrected chi connectivity index (χ2v) is 10.2. The van der Waals surface area contributed by atoms with E-state index in [1.165, 1.54) is 0 Å². The van der Waals surface area contributed by atoms with Gasteiger partial charge in [0.05, 0.1) is 29.8 Å². The standard InChI is InChI=1S/C24H33N3O5S/c1-17(2)26-24(29)25-15-14-20-10-13-22(23(16-28)32-20)27-33(30,31)21-11-8-19(9-12-21)18-6-4-3-5-7-18/h3-9,11-12,17,20,22-23,27-28H,10,13-16H2,1-2H3,(H2,25,26,29)/t20-,22+,23-/m1/s1. The third-order valence-electron chi connectivity index (χ3n) is 5.55. The Kier molecular flexibility index (Phi) is 8.85. The van der Waals surface area contributed by atoms with Crippen LogP contribution in [0.25, 0.3) is 11.1 Å². The van der Waals surface area contributed by atoms with Crippen molar-refractivity contribution in [3.8, 4) is 11.1 Å². The molecule has 9 heteroatoms. The van der Waals surface area contributed by atoms with E-state index < -0.39 is 22.2 Å². The highest BCUT2D eigenvalue weighted by atomic mass is 32.2. The summed E-state index contributed by atoms with van der Waals surface area (Å²) in [6.45, 7) is 3.91. The number of rotatable bonds is 9. The lowest BCUT2D eigenvalue weighted by Crippen LogP contribution is -2.51. The van der Waals surface area contributed by atoms with Gasteiger partial charge in [0.2, 0.25) is 10.0 Å². The van der Waals surface area contributed by atoms with Crippen molar-refractivity contribution in [3.63, 3.8) is 0 Å². The molecule has 2 amide bonds. The zero-order chi connectivity index (χ0) is 23.8. The molecule has 3 atom stereocenters. The molecule has 1 aliphatic heterocycles. The molecule has 4 N–H and O–H groups in total. The Morgan fingerprint density at radius 3 is 2.36 bits per heavy atom. The van der Waals surface area contributed by atoms with E-state index in [9.17, 15) is 18.3 Å². The van der Waals surface area contributed by atoms with Gasteiger partial charge in [-0.1, -0.05) is 42.5 Å². The average molecular weight is 476 g/mol. The molecule has 0 aromatic heterocycles. The molecule has 1 fully saturated rings. The first-order valence-corrected chi connectivity index (χ1v) is 12.8. The van der Waals surface area contributed by atoms with Crippen molar-refractivity contribution in [2.45, 2.75) is 62.3 Å². The van der Waals surface area contributed by atoms with Crippen molar-refractivity contribution < 1.29 is 23.1 Å². The van der Waals surface area contributed by atoms with Crippen molar-refractivity contribution >= 4 is 16.1 Å². The fourth-order valence-corrected chi connectivity index (χ4v) is 5.16. The van der Waals surface area contributed by atoms with Gasteiger partial charge < -0.3 is 20.5 Å². The van der Waals surface area contributed by atoms with Gasteiger partial charge in [0.1, 0.15) is 0 Å². The number of aliphatic hydroxyl groups is 1. The van der Waals surface area contributed by atoms with E-state index >= 15 is 0 Å². The number of ether oxygens (including phenoxy) is 1. The van der Waals surface area contributed by atoms with Gasteiger partial charge in [-0.3, -0.25) is 0 Å². The number of benzene rings is 2. The maximum Gasteiger partial charge on any atom is 0.314 e. The number of carbonyl (C=O) groups excluding carboxylic acids is 1. The zero-order valence-electron chi connectivity index (χ0n) is 19.0. The Balaban J connectivity index is 1.55. The van der Waals surface area contributed by atoms with Crippen LogP contribution in [-0.4, -0.2) is 57.0 Å². The van der Waals surface area contributed by atoms with Gasteiger partial charge in [-0.25, -0.2) is 17.9 Å². The summed E-state index contributed by atoms with van der Waals surface area (Å²) >= 11 is 0. The summed E-state index contributed by atoms with van der Waals surface area (Å²) in [4.78, 5) is 11.8. The molecule has 8 nitrogen and oxygen atoms in total. The van der Waals surface area contributed by atoms with Crippen LogP contribution in [0.1, 0.15) is 33.1 Å². The molecule has 2 aromatic rings. The monoisotopic (exact) mass is 475 g/mol. The lowest BCUT2D eigenvalue weighted by Gasteiger charge is -2.36. The predicted octanol–water partition coefficient (Wildman–Crippen LogP) is 2.64. The molecule has 0 saturated carbocycles. The van der Waals surface area contributed by atoms with E-state index in [4.69, 9.17) is 4.74 Å². The first kappa shape index (κ1) is 25.2. The molecule has 0 aliphatic carbocycles. The van der Waals surface area contributed by atoms with Gasteiger partial charge in [-0.15, -0.1) is 0 Å². The number of carbonyl (C=O) groups is 1. The molecule has 2 aromatic carbocycles. The molecule has 1 heterocycles. The molecule has 0 unspecified atom stereocenters. The second-order valence-electron chi connectivity index (χ2n) is 8.52. The number of sulfonamides is 1.